The molecule has 1 unspecified atom stereocenters. The predicted octanol–water partition coefficient (Wildman–Crippen LogP) is 3.65. The van der Waals surface area contributed by atoms with E-state index in [1.807, 2.05) is 30.9 Å². The van der Waals surface area contributed by atoms with Gasteiger partial charge in [0.15, 0.2) is 0 Å². The normalized spacial score (nSPS) is 20.6. The highest BCUT2D eigenvalue weighted by Gasteiger charge is 2.28. The van der Waals surface area contributed by atoms with Gasteiger partial charge in [-0.1, -0.05) is 26.0 Å². The zero-order valence-electron chi connectivity index (χ0n) is 19.0. The summed E-state index contributed by atoms with van der Waals surface area (Å²) in [6.07, 6.45) is 3.71. The Balaban J connectivity index is 1.42. The van der Waals surface area contributed by atoms with Gasteiger partial charge in [0.25, 0.3) is 5.56 Å². The molecular weight excluding hydrogens is 407 g/mol. The number of H-pyrrole nitrogens is 1. The summed E-state index contributed by atoms with van der Waals surface area (Å²) in [5.74, 6) is 1.15. The molecule has 172 valence electrons. The molecule has 0 bridgehead atoms. The molecule has 1 aromatic heterocycles. The summed E-state index contributed by atoms with van der Waals surface area (Å²) in [7, 11) is 0. The van der Waals surface area contributed by atoms with E-state index in [0.29, 0.717) is 13.1 Å². The van der Waals surface area contributed by atoms with Crippen molar-refractivity contribution in [2.75, 3.05) is 26.2 Å². The van der Waals surface area contributed by atoms with Crippen LogP contribution >= 0.6 is 0 Å². The molecule has 2 aliphatic rings. The van der Waals surface area contributed by atoms with Gasteiger partial charge in [-0.2, -0.15) is 0 Å². The molecule has 6 nitrogen and oxygen atoms in total. The van der Waals surface area contributed by atoms with Crippen molar-refractivity contribution in [3.05, 3.63) is 63.6 Å². The van der Waals surface area contributed by atoms with Gasteiger partial charge in [0.1, 0.15) is 11.6 Å². The molecule has 1 amide bonds. The first-order chi connectivity index (χ1) is 15.4. The molecule has 1 atom stereocenters. The average Bonchev–Trinajstić information content (AvgIpc) is 2.80. The van der Waals surface area contributed by atoms with Gasteiger partial charge in [0, 0.05) is 50.0 Å². The molecule has 4 rings (SSSR count). The highest BCUT2D eigenvalue weighted by atomic mass is 19.1. The van der Waals surface area contributed by atoms with Crippen LogP contribution in [0.4, 0.5) is 4.39 Å². The standard InChI is InChI=1S/C25H33FN4O2/c1-17(2)25(32)30-12-9-19(10-13-30)24-27-22(14-23(31)28-24)20-4-3-11-29(16-20)15-18-5-7-21(26)8-6-18/h5-8,14,17,19-20H,3-4,9-13,15-16H2,1-2H3,(H,27,28,31). The second kappa shape index (κ2) is 9.94. The van der Waals surface area contributed by atoms with Gasteiger partial charge in [-0.05, 0) is 49.9 Å². The van der Waals surface area contributed by atoms with Crippen LogP contribution in [0.3, 0.4) is 0 Å². The Hall–Kier alpha value is -2.54. The van der Waals surface area contributed by atoms with E-state index in [0.717, 1.165) is 62.4 Å². The molecule has 1 N–H and O–H groups in total. The summed E-state index contributed by atoms with van der Waals surface area (Å²) in [5, 5.41) is 0. The number of hydrogen-bond donors (Lipinski definition) is 1. The molecule has 2 fully saturated rings. The topological polar surface area (TPSA) is 69.3 Å². The van der Waals surface area contributed by atoms with Crippen LogP contribution < -0.4 is 5.56 Å². The highest BCUT2D eigenvalue weighted by Crippen LogP contribution is 2.29. The van der Waals surface area contributed by atoms with Gasteiger partial charge >= 0.3 is 0 Å². The minimum atomic E-state index is -0.218. The van der Waals surface area contributed by atoms with Crippen molar-refractivity contribution in [2.24, 2.45) is 5.92 Å². The van der Waals surface area contributed by atoms with Gasteiger partial charge in [0.2, 0.25) is 5.91 Å². The van der Waals surface area contributed by atoms with Gasteiger partial charge in [0.05, 0.1) is 5.69 Å². The van der Waals surface area contributed by atoms with Crippen molar-refractivity contribution < 1.29 is 9.18 Å². The minimum Gasteiger partial charge on any atom is -0.342 e. The van der Waals surface area contributed by atoms with Gasteiger partial charge in [-0.3, -0.25) is 14.5 Å². The van der Waals surface area contributed by atoms with E-state index in [-0.39, 0.29) is 35.0 Å². The Morgan fingerprint density at radius 2 is 1.84 bits per heavy atom. The lowest BCUT2D eigenvalue weighted by molar-refractivity contribution is -0.135. The number of aromatic nitrogens is 2. The zero-order valence-corrected chi connectivity index (χ0v) is 19.0. The number of rotatable bonds is 5. The predicted molar refractivity (Wildman–Crippen MR) is 122 cm³/mol. The van der Waals surface area contributed by atoms with E-state index >= 15 is 0 Å². The van der Waals surface area contributed by atoms with Crippen molar-refractivity contribution in [3.8, 4) is 0 Å². The van der Waals surface area contributed by atoms with E-state index < -0.39 is 0 Å². The first kappa shape index (κ1) is 22.6. The van der Waals surface area contributed by atoms with Crippen molar-refractivity contribution in [2.45, 2.75) is 57.9 Å². The SMILES string of the molecule is CC(C)C(=O)N1CCC(c2nc(C3CCCN(Cc4ccc(F)cc4)C3)cc(=O)[nH]2)CC1. The molecule has 7 heteroatoms. The molecule has 0 aliphatic carbocycles. The summed E-state index contributed by atoms with van der Waals surface area (Å²) in [6, 6.07) is 8.31. The summed E-state index contributed by atoms with van der Waals surface area (Å²) >= 11 is 0. The second-order valence-corrected chi connectivity index (χ2v) is 9.51. The number of carbonyl (C=O) groups is 1. The maximum atomic E-state index is 13.2. The Morgan fingerprint density at radius 1 is 1.12 bits per heavy atom. The molecule has 0 saturated carbocycles. The Kier molecular flexibility index (Phi) is 7.04. The summed E-state index contributed by atoms with van der Waals surface area (Å²) in [5.41, 5.74) is 1.86. The van der Waals surface area contributed by atoms with Crippen molar-refractivity contribution in [1.29, 1.82) is 0 Å². The number of halogens is 1. The van der Waals surface area contributed by atoms with Gasteiger partial charge in [-0.15, -0.1) is 0 Å². The Bertz CT molecular complexity index is 980. The van der Waals surface area contributed by atoms with Crippen LogP contribution in [0.2, 0.25) is 0 Å². The maximum absolute atomic E-state index is 13.2. The molecule has 3 heterocycles. The molecular formula is C25H33FN4O2. The lowest BCUT2D eigenvalue weighted by Crippen LogP contribution is -2.40. The summed E-state index contributed by atoms with van der Waals surface area (Å²) < 4.78 is 13.2. The number of benzene rings is 1. The van der Waals surface area contributed by atoms with Crippen LogP contribution in [0.1, 0.15) is 68.4 Å². The number of hydrogen-bond acceptors (Lipinski definition) is 4. The van der Waals surface area contributed by atoms with Crippen LogP contribution in [0.15, 0.2) is 35.1 Å². The lowest BCUT2D eigenvalue weighted by atomic mass is 9.92. The first-order valence-corrected chi connectivity index (χ1v) is 11.8. The van der Waals surface area contributed by atoms with Crippen LogP contribution in [0, 0.1) is 11.7 Å². The van der Waals surface area contributed by atoms with Crippen molar-refractivity contribution in [3.63, 3.8) is 0 Å². The summed E-state index contributed by atoms with van der Waals surface area (Å²) in [4.78, 5) is 36.9. The highest BCUT2D eigenvalue weighted by molar-refractivity contribution is 5.78. The van der Waals surface area contributed by atoms with E-state index in [1.54, 1.807) is 6.07 Å². The number of aromatic amines is 1. The fourth-order valence-electron chi connectivity index (χ4n) is 4.93. The van der Waals surface area contributed by atoms with Crippen molar-refractivity contribution >= 4 is 5.91 Å². The molecule has 1 aromatic carbocycles. The number of nitrogens with zero attached hydrogens (tertiary/aromatic N) is 3. The largest absolute Gasteiger partial charge is 0.342 e. The Morgan fingerprint density at radius 3 is 2.53 bits per heavy atom. The molecule has 32 heavy (non-hydrogen) atoms. The molecule has 2 aromatic rings. The number of carbonyl (C=O) groups excluding carboxylic acids is 1. The van der Waals surface area contributed by atoms with Gasteiger partial charge in [-0.25, -0.2) is 9.37 Å². The average molecular weight is 441 g/mol. The smallest absolute Gasteiger partial charge is 0.251 e. The van der Waals surface area contributed by atoms with E-state index in [4.69, 9.17) is 4.98 Å². The quantitative estimate of drug-likeness (QED) is 0.771. The summed E-state index contributed by atoms with van der Waals surface area (Å²) in [6.45, 7) is 7.89. The van der Waals surface area contributed by atoms with E-state index in [9.17, 15) is 14.0 Å². The Labute approximate surface area is 188 Å². The van der Waals surface area contributed by atoms with Crippen LogP contribution in [0.5, 0.6) is 0 Å². The second-order valence-electron chi connectivity index (χ2n) is 9.51. The van der Waals surface area contributed by atoms with Gasteiger partial charge < -0.3 is 9.88 Å². The fraction of sp³-hybridized carbons (Fsp3) is 0.560. The lowest BCUT2D eigenvalue weighted by Gasteiger charge is -2.34. The fourth-order valence-corrected chi connectivity index (χ4v) is 4.93. The maximum Gasteiger partial charge on any atom is 0.251 e. The number of likely N-dealkylation sites (tertiary alicyclic amines) is 2. The van der Waals surface area contributed by atoms with Crippen LogP contribution in [-0.2, 0) is 11.3 Å². The molecule has 2 saturated heterocycles. The first-order valence-electron chi connectivity index (χ1n) is 11.8. The number of piperidine rings is 2. The third kappa shape index (κ3) is 5.44. The van der Waals surface area contributed by atoms with Crippen LogP contribution in [-0.4, -0.2) is 51.9 Å². The third-order valence-corrected chi connectivity index (χ3v) is 6.71. The monoisotopic (exact) mass is 440 g/mol. The minimum absolute atomic E-state index is 0.0111. The molecule has 0 radical (unpaired) electrons. The zero-order chi connectivity index (χ0) is 22.7. The van der Waals surface area contributed by atoms with Crippen LogP contribution in [0.25, 0.3) is 0 Å². The molecule has 0 spiro atoms. The van der Waals surface area contributed by atoms with E-state index in [2.05, 4.69) is 9.88 Å². The van der Waals surface area contributed by atoms with E-state index in [1.165, 1.54) is 12.1 Å². The number of nitrogens with one attached hydrogen (secondary N) is 1. The number of amides is 1. The van der Waals surface area contributed by atoms with Crippen molar-refractivity contribution in [1.82, 2.24) is 19.8 Å². The third-order valence-electron chi connectivity index (χ3n) is 6.71. The molecule has 2 aliphatic heterocycles.